The average molecular weight is 239 g/mol. The molecule has 0 radical (unpaired) electrons. The second-order valence-electron chi connectivity index (χ2n) is 3.28. The molecule has 0 amide bonds. The molecule has 1 atom stereocenters. The molecule has 0 saturated carbocycles. The predicted octanol–water partition coefficient (Wildman–Crippen LogP) is 1.02. The van der Waals surface area contributed by atoms with Crippen LogP contribution in [0, 0.1) is 6.92 Å². The average Bonchev–Trinajstić information content (AvgIpc) is 2.39. The van der Waals surface area contributed by atoms with Crippen LogP contribution < -0.4 is 11.3 Å². The van der Waals surface area contributed by atoms with E-state index in [2.05, 4.69) is 10.5 Å². The number of nitrogens with zero attached hydrogens (tertiary/aromatic N) is 2. The molecule has 0 aliphatic carbocycles. The Hall–Kier alpha value is -0.720. The molecule has 4 nitrogen and oxygen atoms in total. The Labute approximate surface area is 91.4 Å². The van der Waals surface area contributed by atoms with Crippen molar-refractivity contribution in [3.05, 3.63) is 16.4 Å². The van der Waals surface area contributed by atoms with E-state index < -0.39 is 12.5 Å². The normalized spacial score (nSPS) is 13.5. The number of nitrogens with one attached hydrogen (secondary N) is 1. The van der Waals surface area contributed by atoms with Crippen LogP contribution in [0.15, 0.2) is 0 Å². The minimum absolute atomic E-state index is 0.0460. The molecule has 0 saturated heterocycles. The lowest BCUT2D eigenvalue weighted by molar-refractivity contribution is 0.0976. The van der Waals surface area contributed by atoms with Gasteiger partial charge in [0.1, 0.15) is 0 Å². The van der Waals surface area contributed by atoms with Gasteiger partial charge in [-0.2, -0.15) is 5.10 Å². The molecule has 1 rings (SSSR count). The zero-order valence-electron chi connectivity index (χ0n) is 8.47. The van der Waals surface area contributed by atoms with Crippen molar-refractivity contribution >= 4 is 11.6 Å². The fraction of sp³-hybridized carbons (Fsp3) is 0.625. The second-order valence-corrected chi connectivity index (χ2v) is 3.66. The molecular formula is C8H13ClF2N4. The highest BCUT2D eigenvalue weighted by Gasteiger charge is 2.23. The van der Waals surface area contributed by atoms with Crippen LogP contribution in [0.1, 0.15) is 11.4 Å². The first-order valence-corrected chi connectivity index (χ1v) is 4.77. The van der Waals surface area contributed by atoms with Crippen LogP contribution in [0.5, 0.6) is 0 Å². The number of nitrogens with two attached hydrogens (primary N) is 1. The summed E-state index contributed by atoms with van der Waals surface area (Å²) in [6, 6.07) is -1.11. The fourth-order valence-corrected chi connectivity index (χ4v) is 1.57. The van der Waals surface area contributed by atoms with Gasteiger partial charge in [-0.05, 0) is 6.92 Å². The highest BCUT2D eigenvalue weighted by molar-refractivity contribution is 6.31. The van der Waals surface area contributed by atoms with Crippen LogP contribution in [0.4, 0.5) is 8.78 Å². The van der Waals surface area contributed by atoms with Gasteiger partial charge in [0.15, 0.2) is 0 Å². The van der Waals surface area contributed by atoms with Crippen molar-refractivity contribution in [2.45, 2.75) is 25.8 Å². The van der Waals surface area contributed by atoms with Gasteiger partial charge in [-0.25, -0.2) is 8.78 Å². The van der Waals surface area contributed by atoms with E-state index in [-0.39, 0.29) is 6.42 Å². The number of rotatable bonds is 4. The first-order valence-electron chi connectivity index (χ1n) is 4.39. The standard InChI is InChI=1S/C8H13ClF2N4/c1-4-7(9)6(15(2)14-4)3-5(13-12)8(10)11/h5,8,13H,3,12H2,1-2H3. The van der Waals surface area contributed by atoms with Crippen molar-refractivity contribution in [1.29, 1.82) is 0 Å². The molecule has 1 unspecified atom stereocenters. The zero-order valence-corrected chi connectivity index (χ0v) is 9.22. The lowest BCUT2D eigenvalue weighted by atomic mass is 10.1. The lowest BCUT2D eigenvalue weighted by Gasteiger charge is -2.14. The van der Waals surface area contributed by atoms with Crippen molar-refractivity contribution < 1.29 is 8.78 Å². The summed E-state index contributed by atoms with van der Waals surface area (Å²) < 4.78 is 26.4. The maximum Gasteiger partial charge on any atom is 0.255 e. The van der Waals surface area contributed by atoms with Gasteiger partial charge >= 0.3 is 0 Å². The fourth-order valence-electron chi connectivity index (χ4n) is 1.33. The highest BCUT2D eigenvalue weighted by atomic mass is 35.5. The van der Waals surface area contributed by atoms with Gasteiger partial charge in [0, 0.05) is 13.5 Å². The largest absolute Gasteiger partial charge is 0.271 e. The molecule has 1 heterocycles. The summed E-state index contributed by atoms with van der Waals surface area (Å²) >= 11 is 5.92. The number of halogens is 3. The van der Waals surface area contributed by atoms with Gasteiger partial charge in [-0.3, -0.25) is 16.0 Å². The molecule has 0 bridgehead atoms. The third-order valence-corrected chi connectivity index (χ3v) is 2.68. The number of aromatic nitrogens is 2. The van der Waals surface area contributed by atoms with E-state index in [1.54, 1.807) is 14.0 Å². The summed E-state index contributed by atoms with van der Waals surface area (Å²) in [4.78, 5) is 0. The number of hydrogen-bond donors (Lipinski definition) is 2. The summed E-state index contributed by atoms with van der Waals surface area (Å²) in [5.74, 6) is 5.03. The van der Waals surface area contributed by atoms with Gasteiger partial charge in [-0.15, -0.1) is 0 Å². The molecule has 0 aromatic carbocycles. The zero-order chi connectivity index (χ0) is 11.6. The third-order valence-electron chi connectivity index (χ3n) is 2.19. The molecule has 0 aliphatic rings. The highest BCUT2D eigenvalue weighted by Crippen LogP contribution is 2.21. The van der Waals surface area contributed by atoms with Crippen molar-refractivity contribution in [3.63, 3.8) is 0 Å². The predicted molar refractivity (Wildman–Crippen MR) is 53.8 cm³/mol. The van der Waals surface area contributed by atoms with Crippen molar-refractivity contribution in [2.24, 2.45) is 12.9 Å². The molecular weight excluding hydrogens is 226 g/mol. The minimum atomic E-state index is -2.54. The summed E-state index contributed by atoms with van der Waals surface area (Å²) in [6.07, 6.45) is -2.49. The molecule has 1 aromatic heterocycles. The number of alkyl halides is 2. The molecule has 0 aliphatic heterocycles. The molecule has 0 fully saturated rings. The van der Waals surface area contributed by atoms with Crippen LogP contribution in [0.3, 0.4) is 0 Å². The van der Waals surface area contributed by atoms with Gasteiger partial charge < -0.3 is 0 Å². The van der Waals surface area contributed by atoms with Gasteiger partial charge in [0.2, 0.25) is 0 Å². The molecule has 3 N–H and O–H groups in total. The maximum atomic E-state index is 12.4. The van der Waals surface area contributed by atoms with Gasteiger partial charge in [0.25, 0.3) is 6.43 Å². The van der Waals surface area contributed by atoms with E-state index in [9.17, 15) is 8.78 Å². The molecule has 1 aromatic rings. The van der Waals surface area contributed by atoms with Crippen molar-refractivity contribution in [1.82, 2.24) is 15.2 Å². The van der Waals surface area contributed by atoms with Crippen LogP contribution in [0.25, 0.3) is 0 Å². The smallest absolute Gasteiger partial charge is 0.255 e. The second kappa shape index (κ2) is 4.87. The first kappa shape index (κ1) is 12.4. The maximum absolute atomic E-state index is 12.4. The first-order chi connectivity index (χ1) is 6.97. The number of hydrazine groups is 1. The van der Waals surface area contributed by atoms with Crippen molar-refractivity contribution in [2.75, 3.05) is 0 Å². The summed E-state index contributed by atoms with van der Waals surface area (Å²) in [7, 11) is 1.66. The summed E-state index contributed by atoms with van der Waals surface area (Å²) in [5.41, 5.74) is 3.24. The minimum Gasteiger partial charge on any atom is -0.271 e. The Morgan fingerprint density at radius 2 is 2.20 bits per heavy atom. The number of aryl methyl sites for hydroxylation is 2. The van der Waals surface area contributed by atoms with E-state index >= 15 is 0 Å². The van der Waals surface area contributed by atoms with Crippen LogP contribution in [0.2, 0.25) is 5.02 Å². The van der Waals surface area contributed by atoms with Crippen LogP contribution in [-0.2, 0) is 13.5 Å². The molecule has 15 heavy (non-hydrogen) atoms. The molecule has 0 spiro atoms. The Bertz CT molecular complexity index is 340. The van der Waals surface area contributed by atoms with E-state index in [0.717, 1.165) is 0 Å². The van der Waals surface area contributed by atoms with E-state index in [1.807, 2.05) is 0 Å². The van der Waals surface area contributed by atoms with E-state index in [1.165, 1.54) is 4.68 Å². The summed E-state index contributed by atoms with van der Waals surface area (Å²) in [6.45, 7) is 1.72. The molecule has 7 heteroatoms. The SMILES string of the molecule is Cc1nn(C)c(CC(NN)C(F)F)c1Cl. The van der Waals surface area contributed by atoms with E-state index in [0.29, 0.717) is 16.4 Å². The Balaban J connectivity index is 2.88. The Kier molecular flexibility index (Phi) is 4.01. The third kappa shape index (κ3) is 2.64. The van der Waals surface area contributed by atoms with Gasteiger partial charge in [0.05, 0.1) is 22.5 Å². The van der Waals surface area contributed by atoms with Crippen LogP contribution >= 0.6 is 11.6 Å². The van der Waals surface area contributed by atoms with Crippen LogP contribution in [-0.4, -0.2) is 22.2 Å². The quantitative estimate of drug-likeness (QED) is 0.608. The topological polar surface area (TPSA) is 55.9 Å². The van der Waals surface area contributed by atoms with E-state index in [4.69, 9.17) is 17.4 Å². The lowest BCUT2D eigenvalue weighted by Crippen LogP contribution is -2.42. The van der Waals surface area contributed by atoms with Gasteiger partial charge in [-0.1, -0.05) is 11.6 Å². The molecule has 86 valence electrons. The summed E-state index contributed by atoms with van der Waals surface area (Å²) in [5, 5.41) is 4.44. The Morgan fingerprint density at radius 3 is 2.53 bits per heavy atom. The number of hydrogen-bond acceptors (Lipinski definition) is 3. The Morgan fingerprint density at radius 1 is 1.60 bits per heavy atom. The van der Waals surface area contributed by atoms with Crippen molar-refractivity contribution in [3.8, 4) is 0 Å². The monoisotopic (exact) mass is 238 g/mol.